The second-order valence-electron chi connectivity index (χ2n) is 5.63. The topological polar surface area (TPSA) is 58.1 Å². The maximum Gasteiger partial charge on any atom is 0.273 e. The Balaban J connectivity index is 1.63. The molecule has 2 aromatic rings. The van der Waals surface area contributed by atoms with Gasteiger partial charge in [0, 0.05) is 49.5 Å². The van der Waals surface area contributed by atoms with Gasteiger partial charge in [-0.2, -0.15) is 0 Å². The summed E-state index contributed by atoms with van der Waals surface area (Å²) in [6.45, 7) is 3.72. The number of nitrogens with one attached hydrogen (secondary N) is 1. The van der Waals surface area contributed by atoms with Gasteiger partial charge in [0.1, 0.15) is 10.7 Å². The van der Waals surface area contributed by atoms with Crippen LogP contribution in [0.4, 0.5) is 0 Å². The summed E-state index contributed by atoms with van der Waals surface area (Å²) in [6.07, 6.45) is 3.44. The van der Waals surface area contributed by atoms with Crippen molar-refractivity contribution in [3.8, 4) is 10.6 Å². The first kappa shape index (κ1) is 12.9. The van der Waals surface area contributed by atoms with Crippen molar-refractivity contribution < 1.29 is 4.79 Å². The number of fused-ring (bicyclic) bond motifs is 1. The molecule has 2 saturated heterocycles. The number of likely N-dealkylation sites (tertiary alicyclic amines) is 1. The van der Waals surface area contributed by atoms with E-state index in [1.807, 2.05) is 22.4 Å². The quantitative estimate of drug-likeness (QED) is 0.913. The van der Waals surface area contributed by atoms with Gasteiger partial charge in [0.15, 0.2) is 0 Å². The minimum atomic E-state index is 0.0372. The van der Waals surface area contributed by atoms with Crippen molar-refractivity contribution in [3.63, 3.8) is 0 Å². The zero-order valence-corrected chi connectivity index (χ0v) is 12.3. The average Bonchev–Trinajstić information content (AvgIpc) is 3.22. The zero-order valence-electron chi connectivity index (χ0n) is 11.5. The van der Waals surface area contributed by atoms with E-state index in [1.165, 1.54) is 11.3 Å². The Morgan fingerprint density at radius 1 is 1.24 bits per heavy atom. The normalized spacial score (nSPS) is 24.3. The summed E-state index contributed by atoms with van der Waals surface area (Å²) in [5.74, 6) is 1.23. The largest absolute Gasteiger partial charge is 0.337 e. The summed E-state index contributed by atoms with van der Waals surface area (Å²) < 4.78 is 0. The van der Waals surface area contributed by atoms with Gasteiger partial charge in [-0.05, 0) is 24.0 Å². The van der Waals surface area contributed by atoms with Crippen molar-refractivity contribution in [2.45, 2.75) is 0 Å². The number of rotatable bonds is 2. The van der Waals surface area contributed by atoms with E-state index in [1.54, 1.807) is 12.4 Å². The summed E-state index contributed by atoms with van der Waals surface area (Å²) in [4.78, 5) is 23.4. The van der Waals surface area contributed by atoms with Crippen LogP contribution in [-0.4, -0.2) is 47.0 Å². The maximum atomic E-state index is 12.8. The van der Waals surface area contributed by atoms with E-state index in [0.717, 1.165) is 36.8 Å². The molecule has 1 amide bonds. The Morgan fingerprint density at radius 3 is 2.76 bits per heavy atom. The molecule has 2 aromatic heterocycles. The van der Waals surface area contributed by atoms with Gasteiger partial charge < -0.3 is 10.2 Å². The van der Waals surface area contributed by atoms with Crippen molar-refractivity contribution in [2.24, 2.45) is 11.8 Å². The highest BCUT2D eigenvalue weighted by atomic mass is 32.1. The standard InChI is InChI=1S/C15H16N4OS/c20-15(19-8-10-6-16-7-11(10)9-19)13-12(2-1-3-17-13)14-18-4-5-21-14/h1-5,10-11,16H,6-9H2. The lowest BCUT2D eigenvalue weighted by Gasteiger charge is -2.18. The first-order chi connectivity index (χ1) is 10.3. The molecule has 2 fully saturated rings. The second kappa shape index (κ2) is 5.20. The Labute approximate surface area is 127 Å². The van der Waals surface area contributed by atoms with Crippen molar-refractivity contribution in [2.75, 3.05) is 26.2 Å². The van der Waals surface area contributed by atoms with E-state index in [4.69, 9.17) is 0 Å². The monoisotopic (exact) mass is 300 g/mol. The summed E-state index contributed by atoms with van der Waals surface area (Å²) in [5.41, 5.74) is 1.37. The Hall–Kier alpha value is -1.79. The second-order valence-corrected chi connectivity index (χ2v) is 6.52. The van der Waals surface area contributed by atoms with Crippen LogP contribution in [0.25, 0.3) is 10.6 Å². The Bertz CT molecular complexity index is 645. The van der Waals surface area contributed by atoms with Crippen LogP contribution in [-0.2, 0) is 0 Å². The van der Waals surface area contributed by atoms with Gasteiger partial charge in [-0.1, -0.05) is 0 Å². The molecular weight excluding hydrogens is 284 g/mol. The van der Waals surface area contributed by atoms with Crippen LogP contribution in [0.2, 0.25) is 0 Å². The van der Waals surface area contributed by atoms with E-state index in [2.05, 4.69) is 15.3 Å². The first-order valence-corrected chi connectivity index (χ1v) is 8.06. The van der Waals surface area contributed by atoms with E-state index in [-0.39, 0.29) is 5.91 Å². The van der Waals surface area contributed by atoms with Crippen LogP contribution in [0.3, 0.4) is 0 Å². The predicted octanol–water partition coefficient (Wildman–Crippen LogP) is 1.50. The molecule has 0 aromatic carbocycles. The van der Waals surface area contributed by atoms with Gasteiger partial charge in [0.05, 0.1) is 0 Å². The van der Waals surface area contributed by atoms with Crippen LogP contribution in [0, 0.1) is 11.8 Å². The number of pyridine rings is 1. The lowest BCUT2D eigenvalue weighted by molar-refractivity contribution is 0.0776. The Kier molecular flexibility index (Phi) is 3.20. The van der Waals surface area contributed by atoms with Gasteiger partial charge in [-0.25, -0.2) is 4.98 Å². The van der Waals surface area contributed by atoms with E-state index < -0.39 is 0 Å². The summed E-state index contributed by atoms with van der Waals surface area (Å²) in [6, 6.07) is 3.79. The fraction of sp³-hybridized carbons (Fsp3) is 0.400. The zero-order chi connectivity index (χ0) is 14.2. The highest BCUT2D eigenvalue weighted by Crippen LogP contribution is 2.30. The molecule has 4 heterocycles. The van der Waals surface area contributed by atoms with E-state index >= 15 is 0 Å². The van der Waals surface area contributed by atoms with Crippen LogP contribution in [0.15, 0.2) is 29.9 Å². The van der Waals surface area contributed by atoms with Gasteiger partial charge in [0.25, 0.3) is 5.91 Å². The molecule has 2 atom stereocenters. The number of thiazole rings is 1. The molecule has 5 nitrogen and oxygen atoms in total. The predicted molar refractivity (Wildman–Crippen MR) is 81.1 cm³/mol. The number of amides is 1. The number of carbonyl (C=O) groups excluding carboxylic acids is 1. The number of aromatic nitrogens is 2. The number of nitrogens with zero attached hydrogens (tertiary/aromatic N) is 3. The molecule has 0 saturated carbocycles. The molecule has 0 spiro atoms. The van der Waals surface area contributed by atoms with Gasteiger partial charge in [-0.3, -0.25) is 9.78 Å². The summed E-state index contributed by atoms with van der Waals surface area (Å²) >= 11 is 1.54. The molecule has 4 rings (SSSR count). The molecular formula is C15H16N4OS. The minimum Gasteiger partial charge on any atom is -0.337 e. The molecule has 0 radical (unpaired) electrons. The van der Waals surface area contributed by atoms with Crippen molar-refractivity contribution in [1.82, 2.24) is 20.2 Å². The van der Waals surface area contributed by atoms with Gasteiger partial charge >= 0.3 is 0 Å². The smallest absolute Gasteiger partial charge is 0.273 e. The number of hydrogen-bond acceptors (Lipinski definition) is 5. The third-order valence-electron chi connectivity index (χ3n) is 4.35. The molecule has 1 N–H and O–H groups in total. The lowest BCUT2D eigenvalue weighted by Crippen LogP contribution is -2.32. The van der Waals surface area contributed by atoms with E-state index in [0.29, 0.717) is 17.5 Å². The number of carbonyl (C=O) groups is 1. The molecule has 0 aliphatic carbocycles. The maximum absolute atomic E-state index is 12.8. The lowest BCUT2D eigenvalue weighted by atomic mass is 10.0. The fourth-order valence-corrected chi connectivity index (χ4v) is 3.94. The van der Waals surface area contributed by atoms with E-state index in [9.17, 15) is 4.79 Å². The van der Waals surface area contributed by atoms with Gasteiger partial charge in [-0.15, -0.1) is 11.3 Å². The molecule has 6 heteroatoms. The van der Waals surface area contributed by atoms with Crippen molar-refractivity contribution >= 4 is 17.2 Å². The molecule has 2 unspecified atom stereocenters. The molecule has 2 aliphatic heterocycles. The van der Waals surface area contributed by atoms with Gasteiger partial charge in [0.2, 0.25) is 0 Å². The molecule has 0 bridgehead atoms. The fourth-order valence-electron chi connectivity index (χ4n) is 3.28. The van der Waals surface area contributed by atoms with Crippen LogP contribution in [0.5, 0.6) is 0 Å². The first-order valence-electron chi connectivity index (χ1n) is 7.18. The SMILES string of the molecule is O=C(c1ncccc1-c1nccs1)N1CC2CNCC2C1. The average molecular weight is 300 g/mol. The summed E-state index contributed by atoms with van der Waals surface area (Å²) in [5, 5.41) is 6.17. The van der Waals surface area contributed by atoms with Crippen LogP contribution >= 0.6 is 11.3 Å². The minimum absolute atomic E-state index is 0.0372. The Morgan fingerprint density at radius 2 is 2.05 bits per heavy atom. The molecule has 21 heavy (non-hydrogen) atoms. The van der Waals surface area contributed by atoms with Crippen LogP contribution < -0.4 is 5.32 Å². The summed E-state index contributed by atoms with van der Waals surface area (Å²) in [7, 11) is 0. The third kappa shape index (κ3) is 2.24. The van der Waals surface area contributed by atoms with Crippen molar-refractivity contribution in [3.05, 3.63) is 35.6 Å². The number of hydrogen-bond donors (Lipinski definition) is 1. The van der Waals surface area contributed by atoms with Crippen LogP contribution in [0.1, 0.15) is 10.5 Å². The highest BCUT2D eigenvalue weighted by Gasteiger charge is 2.39. The molecule has 108 valence electrons. The third-order valence-corrected chi connectivity index (χ3v) is 5.16. The highest BCUT2D eigenvalue weighted by molar-refractivity contribution is 7.13. The molecule has 2 aliphatic rings. The van der Waals surface area contributed by atoms with Crippen molar-refractivity contribution in [1.29, 1.82) is 0 Å².